The van der Waals surface area contributed by atoms with E-state index in [0.717, 1.165) is 22.5 Å². The molecule has 1 N–H and O–H groups in total. The fourth-order valence-corrected chi connectivity index (χ4v) is 2.66. The number of hydrogen-bond acceptors (Lipinski definition) is 3. The summed E-state index contributed by atoms with van der Waals surface area (Å²) in [4.78, 5) is 4.23. The number of nitrogens with one attached hydrogen (secondary N) is 1. The molecule has 0 unspecified atom stereocenters. The van der Waals surface area contributed by atoms with Gasteiger partial charge in [-0.3, -0.25) is 0 Å². The van der Waals surface area contributed by atoms with E-state index in [1.165, 1.54) is 18.5 Å². The molecular formula is C14H16BrN3O. The number of rotatable bonds is 5. The highest BCUT2D eigenvalue weighted by atomic mass is 79.9. The third-order valence-corrected chi connectivity index (χ3v) is 3.93. The summed E-state index contributed by atoms with van der Waals surface area (Å²) in [5.41, 5.74) is 2.30. The molecule has 1 fully saturated rings. The van der Waals surface area contributed by atoms with E-state index in [2.05, 4.69) is 30.8 Å². The summed E-state index contributed by atoms with van der Waals surface area (Å²) in [6, 6.07) is 6.66. The first-order valence-corrected chi connectivity index (χ1v) is 7.15. The number of halogens is 1. The van der Waals surface area contributed by atoms with E-state index >= 15 is 0 Å². The van der Waals surface area contributed by atoms with Gasteiger partial charge >= 0.3 is 0 Å². The molecule has 5 heteroatoms. The van der Waals surface area contributed by atoms with E-state index in [1.54, 1.807) is 7.11 Å². The minimum atomic E-state index is 0.668. The number of aromatic nitrogens is 2. The zero-order valence-electron chi connectivity index (χ0n) is 10.8. The number of ether oxygens (including phenoxy) is 1. The van der Waals surface area contributed by atoms with Crippen molar-refractivity contribution >= 4 is 21.6 Å². The number of hydrogen-bond donors (Lipinski definition) is 1. The molecule has 1 aromatic carbocycles. The zero-order chi connectivity index (χ0) is 13.2. The summed E-state index contributed by atoms with van der Waals surface area (Å²) in [7, 11) is 1.67. The molecule has 0 radical (unpaired) electrons. The van der Waals surface area contributed by atoms with Crippen molar-refractivity contribution in [2.75, 3.05) is 12.4 Å². The van der Waals surface area contributed by atoms with Crippen LogP contribution in [0.25, 0.3) is 0 Å². The van der Waals surface area contributed by atoms with Gasteiger partial charge in [0.05, 0.1) is 30.1 Å². The van der Waals surface area contributed by atoms with Gasteiger partial charge in [-0.15, -0.1) is 0 Å². The van der Waals surface area contributed by atoms with Crippen LogP contribution in [0.5, 0.6) is 5.75 Å². The van der Waals surface area contributed by atoms with Gasteiger partial charge in [-0.2, -0.15) is 0 Å². The highest BCUT2D eigenvalue weighted by Crippen LogP contribution is 2.35. The summed E-state index contributed by atoms with van der Waals surface area (Å²) >= 11 is 3.49. The Morgan fingerprint density at radius 2 is 2.32 bits per heavy atom. The van der Waals surface area contributed by atoms with Crippen molar-refractivity contribution in [1.82, 2.24) is 9.55 Å². The van der Waals surface area contributed by atoms with Crippen LogP contribution in [0.2, 0.25) is 0 Å². The smallest absolute Gasteiger partial charge is 0.133 e. The Bertz CT molecular complexity index is 578. The Kier molecular flexibility index (Phi) is 3.46. The average molecular weight is 322 g/mol. The van der Waals surface area contributed by atoms with E-state index in [4.69, 9.17) is 4.74 Å². The van der Waals surface area contributed by atoms with Gasteiger partial charge in [-0.05, 0) is 47.0 Å². The molecule has 2 aromatic rings. The molecule has 4 nitrogen and oxygen atoms in total. The van der Waals surface area contributed by atoms with E-state index in [0.29, 0.717) is 6.04 Å². The number of anilines is 1. The molecule has 1 aliphatic carbocycles. The highest BCUT2D eigenvalue weighted by Gasteiger charge is 2.24. The molecule has 3 rings (SSSR count). The lowest BCUT2D eigenvalue weighted by molar-refractivity contribution is 0.412. The fraction of sp³-hybridized carbons (Fsp3) is 0.357. The van der Waals surface area contributed by atoms with Crippen molar-refractivity contribution in [3.05, 3.63) is 40.9 Å². The van der Waals surface area contributed by atoms with Gasteiger partial charge in [-0.25, -0.2) is 4.98 Å². The van der Waals surface area contributed by atoms with Gasteiger partial charge in [0.1, 0.15) is 5.75 Å². The van der Waals surface area contributed by atoms with Crippen LogP contribution < -0.4 is 10.1 Å². The van der Waals surface area contributed by atoms with Crippen LogP contribution >= 0.6 is 15.9 Å². The Labute approximate surface area is 120 Å². The lowest BCUT2D eigenvalue weighted by Crippen LogP contribution is -2.05. The Balaban J connectivity index is 1.68. The maximum absolute atomic E-state index is 5.22. The fourth-order valence-electron chi connectivity index (χ4n) is 2.12. The maximum Gasteiger partial charge on any atom is 0.133 e. The summed E-state index contributed by atoms with van der Waals surface area (Å²) in [5, 5.41) is 3.42. The lowest BCUT2D eigenvalue weighted by Gasteiger charge is -2.10. The number of imidazole rings is 1. The van der Waals surface area contributed by atoms with Gasteiger partial charge < -0.3 is 14.6 Å². The summed E-state index contributed by atoms with van der Waals surface area (Å²) in [5.74, 6) is 0.841. The second kappa shape index (κ2) is 5.25. The van der Waals surface area contributed by atoms with E-state index < -0.39 is 0 Å². The lowest BCUT2D eigenvalue weighted by atomic mass is 10.3. The summed E-state index contributed by atoms with van der Waals surface area (Å²) < 4.78 is 8.44. The molecule has 1 aliphatic rings. The average Bonchev–Trinajstić information content (AvgIpc) is 3.15. The minimum absolute atomic E-state index is 0.668. The predicted molar refractivity (Wildman–Crippen MR) is 78.5 cm³/mol. The second-order valence-corrected chi connectivity index (χ2v) is 5.58. The number of methoxy groups -OCH3 is 1. The predicted octanol–water partition coefficient (Wildman–Crippen LogP) is 3.60. The first-order chi connectivity index (χ1) is 9.28. The van der Waals surface area contributed by atoms with E-state index in [9.17, 15) is 0 Å². The molecule has 0 aliphatic heterocycles. The third-order valence-electron chi connectivity index (χ3n) is 3.31. The van der Waals surface area contributed by atoms with Crippen LogP contribution in [0.1, 0.15) is 24.6 Å². The Morgan fingerprint density at radius 1 is 1.47 bits per heavy atom. The van der Waals surface area contributed by atoms with Crippen molar-refractivity contribution in [3.8, 4) is 5.75 Å². The quantitative estimate of drug-likeness (QED) is 0.914. The molecule has 0 saturated heterocycles. The molecular weight excluding hydrogens is 306 g/mol. The van der Waals surface area contributed by atoms with Crippen molar-refractivity contribution in [2.45, 2.75) is 25.4 Å². The van der Waals surface area contributed by atoms with Gasteiger partial charge in [0.15, 0.2) is 0 Å². The van der Waals surface area contributed by atoms with Crippen LogP contribution in [0.4, 0.5) is 5.69 Å². The van der Waals surface area contributed by atoms with Crippen LogP contribution in [-0.4, -0.2) is 16.7 Å². The summed E-state index contributed by atoms with van der Waals surface area (Å²) in [6.07, 6.45) is 6.41. The van der Waals surface area contributed by atoms with Gasteiger partial charge in [-0.1, -0.05) is 0 Å². The monoisotopic (exact) mass is 321 g/mol. The van der Waals surface area contributed by atoms with Crippen LogP contribution in [-0.2, 0) is 6.54 Å². The normalized spacial score (nSPS) is 14.4. The van der Waals surface area contributed by atoms with Crippen LogP contribution in [0.3, 0.4) is 0 Å². The molecule has 1 heterocycles. The van der Waals surface area contributed by atoms with E-state index in [1.807, 2.05) is 30.7 Å². The molecule has 0 spiro atoms. The van der Waals surface area contributed by atoms with Gasteiger partial charge in [0, 0.05) is 17.9 Å². The number of benzene rings is 1. The first-order valence-electron chi connectivity index (χ1n) is 6.36. The SMILES string of the molecule is COc1ccc(NCc2cncn2C2CC2)cc1Br. The number of nitrogens with zero attached hydrogens (tertiary/aromatic N) is 2. The maximum atomic E-state index is 5.22. The zero-order valence-corrected chi connectivity index (χ0v) is 12.4. The molecule has 0 bridgehead atoms. The third kappa shape index (κ3) is 2.76. The van der Waals surface area contributed by atoms with E-state index in [-0.39, 0.29) is 0 Å². The molecule has 0 amide bonds. The van der Waals surface area contributed by atoms with Gasteiger partial charge in [0.2, 0.25) is 0 Å². The second-order valence-electron chi connectivity index (χ2n) is 4.73. The molecule has 1 aromatic heterocycles. The standard InChI is InChI=1S/C14H16BrN3O/c1-19-14-5-2-10(6-13(14)15)17-8-12-7-16-9-18(12)11-3-4-11/h2,5-7,9,11,17H,3-4,8H2,1H3. The molecule has 1 saturated carbocycles. The topological polar surface area (TPSA) is 39.1 Å². The Hall–Kier alpha value is -1.49. The van der Waals surface area contributed by atoms with Crippen LogP contribution in [0, 0.1) is 0 Å². The molecule has 0 atom stereocenters. The summed E-state index contributed by atoms with van der Waals surface area (Å²) in [6.45, 7) is 0.787. The molecule has 100 valence electrons. The Morgan fingerprint density at radius 3 is 3.00 bits per heavy atom. The largest absolute Gasteiger partial charge is 0.496 e. The van der Waals surface area contributed by atoms with Gasteiger partial charge in [0.25, 0.3) is 0 Å². The van der Waals surface area contributed by atoms with Crippen molar-refractivity contribution in [2.24, 2.45) is 0 Å². The minimum Gasteiger partial charge on any atom is -0.496 e. The van der Waals surface area contributed by atoms with Crippen molar-refractivity contribution < 1.29 is 4.74 Å². The van der Waals surface area contributed by atoms with Crippen molar-refractivity contribution in [1.29, 1.82) is 0 Å². The van der Waals surface area contributed by atoms with Crippen molar-refractivity contribution in [3.63, 3.8) is 0 Å². The molecule has 19 heavy (non-hydrogen) atoms. The highest BCUT2D eigenvalue weighted by molar-refractivity contribution is 9.10. The van der Waals surface area contributed by atoms with Crippen LogP contribution in [0.15, 0.2) is 35.2 Å². The first kappa shape index (κ1) is 12.5.